The molecule has 0 aromatic heterocycles. The molecule has 2 atom stereocenters. The van der Waals surface area contributed by atoms with Crippen molar-refractivity contribution in [3.63, 3.8) is 0 Å². The van der Waals surface area contributed by atoms with Gasteiger partial charge in [0.2, 0.25) is 5.91 Å². The van der Waals surface area contributed by atoms with Crippen molar-refractivity contribution >= 4 is 17.8 Å². The zero-order valence-corrected chi connectivity index (χ0v) is 13.6. The van der Waals surface area contributed by atoms with Crippen LogP contribution in [0.15, 0.2) is 60.7 Å². The molecule has 0 unspecified atom stereocenters. The Kier molecular flexibility index (Phi) is 4.79. The molecule has 1 aliphatic heterocycles. The van der Waals surface area contributed by atoms with E-state index in [0.29, 0.717) is 6.42 Å². The molecule has 128 valence electrons. The van der Waals surface area contributed by atoms with Crippen LogP contribution in [0.25, 0.3) is 0 Å². The minimum atomic E-state index is -1.00. The lowest BCUT2D eigenvalue weighted by molar-refractivity contribution is -0.134. The third-order valence-corrected chi connectivity index (χ3v) is 4.25. The fourth-order valence-electron chi connectivity index (χ4n) is 2.99. The average Bonchev–Trinajstić information content (AvgIpc) is 2.88. The number of nitrogens with two attached hydrogens (primary N) is 1. The Morgan fingerprint density at radius 3 is 2.12 bits per heavy atom. The summed E-state index contributed by atoms with van der Waals surface area (Å²) in [5, 5.41) is 2.65. The van der Waals surface area contributed by atoms with Crippen LogP contribution in [-0.4, -0.2) is 34.8 Å². The average molecular weight is 337 g/mol. The van der Waals surface area contributed by atoms with Gasteiger partial charge in [-0.2, -0.15) is 0 Å². The summed E-state index contributed by atoms with van der Waals surface area (Å²) in [5.74, 6) is -1.12. The molecule has 2 aromatic rings. The molecule has 0 aliphatic carbocycles. The Morgan fingerprint density at radius 1 is 1.00 bits per heavy atom. The van der Waals surface area contributed by atoms with Crippen LogP contribution in [0, 0.1) is 0 Å². The van der Waals surface area contributed by atoms with Gasteiger partial charge in [-0.3, -0.25) is 9.59 Å². The van der Waals surface area contributed by atoms with Crippen LogP contribution >= 0.6 is 0 Å². The van der Waals surface area contributed by atoms with Gasteiger partial charge in [0.15, 0.2) is 0 Å². The molecule has 0 saturated carbocycles. The second kappa shape index (κ2) is 7.17. The minimum Gasteiger partial charge on any atom is -0.368 e. The maximum atomic E-state index is 12.7. The van der Waals surface area contributed by atoms with E-state index >= 15 is 0 Å². The number of urea groups is 1. The van der Waals surface area contributed by atoms with E-state index in [1.165, 1.54) is 0 Å². The summed E-state index contributed by atoms with van der Waals surface area (Å²) in [5.41, 5.74) is 7.24. The van der Waals surface area contributed by atoms with Crippen LogP contribution in [0.3, 0.4) is 0 Å². The third kappa shape index (κ3) is 3.68. The summed E-state index contributed by atoms with van der Waals surface area (Å²) in [6.45, 7) is 0. The molecule has 6 nitrogen and oxygen atoms in total. The van der Waals surface area contributed by atoms with Gasteiger partial charge in [-0.25, -0.2) is 9.69 Å². The number of primary amides is 1. The molecular formula is C19H19N3O3. The first-order valence-corrected chi connectivity index (χ1v) is 8.07. The summed E-state index contributed by atoms with van der Waals surface area (Å²) >= 11 is 0. The molecule has 3 N–H and O–H groups in total. The highest BCUT2D eigenvalue weighted by Gasteiger charge is 2.43. The summed E-state index contributed by atoms with van der Waals surface area (Å²) in [6, 6.07) is 16.3. The van der Waals surface area contributed by atoms with Gasteiger partial charge in [0.05, 0.1) is 0 Å². The van der Waals surface area contributed by atoms with Crippen molar-refractivity contribution in [3.8, 4) is 0 Å². The summed E-state index contributed by atoms with van der Waals surface area (Å²) in [7, 11) is 0. The van der Waals surface area contributed by atoms with Gasteiger partial charge < -0.3 is 11.1 Å². The Morgan fingerprint density at radius 2 is 1.56 bits per heavy atom. The maximum Gasteiger partial charge on any atom is 0.325 e. The van der Waals surface area contributed by atoms with Crippen molar-refractivity contribution in [2.24, 2.45) is 5.73 Å². The van der Waals surface area contributed by atoms with Crippen molar-refractivity contribution in [1.82, 2.24) is 10.2 Å². The zero-order valence-electron chi connectivity index (χ0n) is 13.6. The molecule has 0 radical (unpaired) electrons. The van der Waals surface area contributed by atoms with Crippen molar-refractivity contribution in [2.45, 2.75) is 24.9 Å². The molecule has 25 heavy (non-hydrogen) atoms. The number of rotatable bonds is 6. The lowest BCUT2D eigenvalue weighted by Gasteiger charge is -2.22. The zero-order chi connectivity index (χ0) is 17.8. The molecule has 0 spiro atoms. The van der Waals surface area contributed by atoms with Crippen molar-refractivity contribution < 1.29 is 14.4 Å². The first-order chi connectivity index (χ1) is 12.1. The van der Waals surface area contributed by atoms with Crippen LogP contribution in [0.4, 0.5) is 4.79 Å². The normalized spacial score (nSPS) is 18.1. The quantitative estimate of drug-likeness (QED) is 0.777. The van der Waals surface area contributed by atoms with Crippen molar-refractivity contribution in [1.29, 1.82) is 0 Å². The number of nitrogens with zero attached hydrogens (tertiary/aromatic N) is 1. The van der Waals surface area contributed by atoms with E-state index in [1.807, 2.05) is 60.7 Å². The Bertz CT molecular complexity index is 777. The third-order valence-electron chi connectivity index (χ3n) is 4.25. The second-order valence-electron chi connectivity index (χ2n) is 6.01. The number of hydrogen-bond acceptors (Lipinski definition) is 3. The Balaban J connectivity index is 1.78. The molecular weight excluding hydrogens is 318 g/mol. The molecule has 1 heterocycles. The van der Waals surface area contributed by atoms with E-state index < -0.39 is 29.9 Å². The Hall–Kier alpha value is -3.15. The number of imide groups is 1. The lowest BCUT2D eigenvalue weighted by atomic mass is 10.0. The summed E-state index contributed by atoms with van der Waals surface area (Å²) < 4.78 is 0. The minimum absolute atomic E-state index is 0.202. The highest BCUT2D eigenvalue weighted by Crippen LogP contribution is 2.18. The van der Waals surface area contributed by atoms with Crippen molar-refractivity contribution in [3.05, 3.63) is 71.8 Å². The SMILES string of the molecule is NC(=O)[C@@H](Cc1ccccc1)N1C(=O)N[C@H](Cc2ccccc2)C1=O. The van der Waals surface area contributed by atoms with E-state index in [1.54, 1.807) is 0 Å². The Labute approximate surface area is 145 Å². The topological polar surface area (TPSA) is 92.5 Å². The van der Waals surface area contributed by atoms with Gasteiger partial charge in [-0.05, 0) is 11.1 Å². The van der Waals surface area contributed by atoms with Crippen LogP contribution < -0.4 is 11.1 Å². The lowest BCUT2D eigenvalue weighted by Crippen LogP contribution is -2.49. The second-order valence-corrected chi connectivity index (χ2v) is 6.01. The fourth-order valence-corrected chi connectivity index (χ4v) is 2.99. The van der Waals surface area contributed by atoms with Gasteiger partial charge in [0.25, 0.3) is 5.91 Å². The maximum absolute atomic E-state index is 12.7. The highest BCUT2D eigenvalue weighted by atomic mass is 16.2. The number of amides is 4. The van der Waals surface area contributed by atoms with Gasteiger partial charge in [-0.15, -0.1) is 0 Å². The molecule has 4 amide bonds. The summed E-state index contributed by atoms with van der Waals surface area (Å²) in [6.07, 6.45) is 0.576. The van der Waals surface area contributed by atoms with E-state index in [4.69, 9.17) is 5.73 Å². The van der Waals surface area contributed by atoms with E-state index in [0.717, 1.165) is 16.0 Å². The van der Waals surface area contributed by atoms with Crippen LogP contribution in [-0.2, 0) is 22.4 Å². The number of benzene rings is 2. The van der Waals surface area contributed by atoms with Gasteiger partial charge in [0, 0.05) is 12.8 Å². The molecule has 6 heteroatoms. The summed E-state index contributed by atoms with van der Waals surface area (Å²) in [4.78, 5) is 37.9. The standard InChI is InChI=1S/C19H19N3O3/c20-17(23)16(12-14-9-5-2-6-10-14)22-18(24)15(21-19(22)25)11-13-7-3-1-4-8-13/h1-10,15-16H,11-12H2,(H2,20,23)(H,21,25)/t15-,16-/m1/s1. The molecule has 3 rings (SSSR count). The first kappa shape index (κ1) is 16.7. The smallest absolute Gasteiger partial charge is 0.325 e. The largest absolute Gasteiger partial charge is 0.368 e. The number of nitrogens with one attached hydrogen (secondary N) is 1. The van der Waals surface area contributed by atoms with Crippen LogP contribution in [0.5, 0.6) is 0 Å². The van der Waals surface area contributed by atoms with E-state index in [-0.39, 0.29) is 6.42 Å². The van der Waals surface area contributed by atoms with Crippen LogP contribution in [0.2, 0.25) is 0 Å². The fraction of sp³-hybridized carbons (Fsp3) is 0.211. The van der Waals surface area contributed by atoms with Crippen LogP contribution in [0.1, 0.15) is 11.1 Å². The van der Waals surface area contributed by atoms with E-state index in [2.05, 4.69) is 5.32 Å². The highest BCUT2D eigenvalue weighted by molar-refractivity contribution is 6.07. The first-order valence-electron chi connectivity index (χ1n) is 8.07. The van der Waals surface area contributed by atoms with Gasteiger partial charge in [0.1, 0.15) is 12.1 Å². The molecule has 0 bridgehead atoms. The van der Waals surface area contributed by atoms with E-state index in [9.17, 15) is 14.4 Å². The van der Waals surface area contributed by atoms with Gasteiger partial charge in [-0.1, -0.05) is 60.7 Å². The predicted octanol–water partition coefficient (Wildman–Crippen LogP) is 1.25. The molecule has 2 aromatic carbocycles. The monoisotopic (exact) mass is 337 g/mol. The number of carbonyl (C=O) groups is 3. The molecule has 1 saturated heterocycles. The predicted molar refractivity (Wildman–Crippen MR) is 92.4 cm³/mol. The molecule has 1 aliphatic rings. The number of carbonyl (C=O) groups excluding carboxylic acids is 3. The molecule has 1 fully saturated rings. The number of hydrogen-bond donors (Lipinski definition) is 2. The van der Waals surface area contributed by atoms with Gasteiger partial charge >= 0.3 is 6.03 Å². The van der Waals surface area contributed by atoms with Crippen molar-refractivity contribution in [2.75, 3.05) is 0 Å².